The van der Waals surface area contributed by atoms with Gasteiger partial charge in [-0.2, -0.15) is 0 Å². The molecule has 1 N–H and O–H groups in total. The molecule has 1 aromatic carbocycles. The van der Waals surface area contributed by atoms with Gasteiger partial charge < -0.3 is 10.2 Å². The summed E-state index contributed by atoms with van der Waals surface area (Å²) in [6.07, 6.45) is 0. The first-order valence-electron chi connectivity index (χ1n) is 7.23. The molecule has 0 spiro atoms. The van der Waals surface area contributed by atoms with Gasteiger partial charge in [-0.1, -0.05) is 35.3 Å². The van der Waals surface area contributed by atoms with Gasteiger partial charge in [-0.05, 0) is 43.2 Å². The summed E-state index contributed by atoms with van der Waals surface area (Å²) in [6.45, 7) is 3.76. The van der Waals surface area contributed by atoms with Crippen molar-refractivity contribution in [1.82, 2.24) is 9.88 Å². The van der Waals surface area contributed by atoms with Gasteiger partial charge in [0.1, 0.15) is 10.8 Å². The number of amides is 2. The SMILES string of the molecule is Cc1cccc(NC(=O)CN(C)C(=O)c2nc(Cl)ccc2Cl)c1C. The van der Waals surface area contributed by atoms with E-state index in [9.17, 15) is 9.59 Å². The van der Waals surface area contributed by atoms with Crippen molar-refractivity contribution >= 4 is 40.7 Å². The van der Waals surface area contributed by atoms with Crippen LogP contribution >= 0.6 is 23.2 Å². The average Bonchev–Trinajstić information content (AvgIpc) is 2.53. The first kappa shape index (κ1) is 18.2. The highest BCUT2D eigenvalue weighted by atomic mass is 35.5. The Bertz CT molecular complexity index is 793. The largest absolute Gasteiger partial charge is 0.331 e. The van der Waals surface area contributed by atoms with Gasteiger partial charge in [-0.15, -0.1) is 0 Å². The van der Waals surface area contributed by atoms with E-state index in [1.807, 2.05) is 32.0 Å². The van der Waals surface area contributed by atoms with Crippen LogP contribution in [0, 0.1) is 13.8 Å². The zero-order valence-electron chi connectivity index (χ0n) is 13.6. The lowest BCUT2D eigenvalue weighted by molar-refractivity contribution is -0.116. The molecule has 1 heterocycles. The van der Waals surface area contributed by atoms with Crippen LogP contribution in [0.3, 0.4) is 0 Å². The maximum Gasteiger partial charge on any atom is 0.274 e. The Morgan fingerprint density at radius 1 is 1.17 bits per heavy atom. The Morgan fingerprint density at radius 3 is 2.58 bits per heavy atom. The molecular weight excluding hydrogens is 349 g/mol. The summed E-state index contributed by atoms with van der Waals surface area (Å²) in [5, 5.41) is 3.15. The molecule has 0 aliphatic heterocycles. The molecule has 0 saturated carbocycles. The van der Waals surface area contributed by atoms with E-state index in [2.05, 4.69) is 10.3 Å². The molecule has 2 aromatic rings. The second-order valence-electron chi connectivity index (χ2n) is 5.42. The zero-order valence-corrected chi connectivity index (χ0v) is 15.1. The van der Waals surface area contributed by atoms with E-state index >= 15 is 0 Å². The fraction of sp³-hybridized carbons (Fsp3) is 0.235. The molecule has 1 aromatic heterocycles. The fourth-order valence-corrected chi connectivity index (χ4v) is 2.45. The van der Waals surface area contributed by atoms with Crippen molar-refractivity contribution in [3.63, 3.8) is 0 Å². The molecule has 2 rings (SSSR count). The van der Waals surface area contributed by atoms with Crippen LogP contribution in [0.25, 0.3) is 0 Å². The Labute approximate surface area is 150 Å². The highest BCUT2D eigenvalue weighted by Crippen LogP contribution is 2.19. The minimum atomic E-state index is -0.474. The third-order valence-corrected chi connectivity index (χ3v) is 4.14. The van der Waals surface area contributed by atoms with E-state index < -0.39 is 5.91 Å². The number of aromatic nitrogens is 1. The first-order valence-corrected chi connectivity index (χ1v) is 7.98. The van der Waals surface area contributed by atoms with E-state index in [4.69, 9.17) is 23.2 Å². The topological polar surface area (TPSA) is 62.3 Å². The number of carbonyl (C=O) groups excluding carboxylic acids is 2. The van der Waals surface area contributed by atoms with Crippen molar-refractivity contribution in [3.8, 4) is 0 Å². The molecule has 0 bridgehead atoms. The normalized spacial score (nSPS) is 10.4. The van der Waals surface area contributed by atoms with Crippen LogP contribution in [0.1, 0.15) is 21.6 Å². The Hall–Kier alpha value is -2.11. The molecule has 0 unspecified atom stereocenters. The number of hydrogen-bond acceptors (Lipinski definition) is 3. The van der Waals surface area contributed by atoms with Gasteiger partial charge in [0.25, 0.3) is 5.91 Å². The molecular formula is C17H17Cl2N3O2. The summed E-state index contributed by atoms with van der Waals surface area (Å²) in [5.41, 5.74) is 2.80. The first-order chi connectivity index (χ1) is 11.3. The van der Waals surface area contributed by atoms with Crippen molar-refractivity contribution < 1.29 is 9.59 Å². The van der Waals surface area contributed by atoms with Gasteiger partial charge in [0.05, 0.1) is 11.6 Å². The lowest BCUT2D eigenvalue weighted by Gasteiger charge is -2.18. The molecule has 0 aliphatic carbocycles. The number of aryl methyl sites for hydroxylation is 1. The van der Waals surface area contributed by atoms with Crippen molar-refractivity contribution in [2.45, 2.75) is 13.8 Å². The van der Waals surface area contributed by atoms with Crippen LogP contribution in [0.5, 0.6) is 0 Å². The predicted octanol–water partition coefficient (Wildman–Crippen LogP) is 3.72. The Morgan fingerprint density at radius 2 is 1.88 bits per heavy atom. The highest BCUT2D eigenvalue weighted by molar-refractivity contribution is 6.34. The van der Waals surface area contributed by atoms with E-state index in [1.54, 1.807) is 0 Å². The van der Waals surface area contributed by atoms with Crippen molar-refractivity contribution in [1.29, 1.82) is 0 Å². The molecule has 0 radical (unpaired) electrons. The molecule has 2 amide bonds. The van der Waals surface area contributed by atoms with Crippen molar-refractivity contribution in [2.24, 2.45) is 0 Å². The highest BCUT2D eigenvalue weighted by Gasteiger charge is 2.20. The number of halogens is 2. The molecule has 0 saturated heterocycles. The van der Waals surface area contributed by atoms with Crippen LogP contribution < -0.4 is 5.32 Å². The molecule has 7 heteroatoms. The van der Waals surface area contributed by atoms with Gasteiger partial charge >= 0.3 is 0 Å². The predicted molar refractivity (Wildman–Crippen MR) is 95.8 cm³/mol. The molecule has 24 heavy (non-hydrogen) atoms. The summed E-state index contributed by atoms with van der Waals surface area (Å²) in [5.74, 6) is -0.781. The standard InChI is InChI=1S/C17H17Cl2N3O2/c1-10-5-4-6-13(11(10)2)20-15(23)9-22(3)17(24)16-12(18)7-8-14(19)21-16/h4-8H,9H2,1-3H3,(H,20,23). The molecule has 0 atom stereocenters. The van der Waals surface area contributed by atoms with Crippen LogP contribution in [0.2, 0.25) is 10.2 Å². The summed E-state index contributed by atoms with van der Waals surface area (Å²) in [4.78, 5) is 29.7. The molecule has 0 aliphatic rings. The quantitative estimate of drug-likeness (QED) is 0.839. The van der Waals surface area contributed by atoms with Crippen LogP contribution in [-0.4, -0.2) is 35.3 Å². The monoisotopic (exact) mass is 365 g/mol. The van der Waals surface area contributed by atoms with Crippen LogP contribution in [-0.2, 0) is 4.79 Å². The van der Waals surface area contributed by atoms with E-state index in [-0.39, 0.29) is 28.3 Å². The Balaban J connectivity index is 2.07. The van der Waals surface area contributed by atoms with Crippen molar-refractivity contribution in [2.75, 3.05) is 18.9 Å². The number of likely N-dealkylation sites (N-methyl/N-ethyl adjacent to an activating group) is 1. The van der Waals surface area contributed by atoms with Gasteiger partial charge in [0.2, 0.25) is 5.91 Å². The lowest BCUT2D eigenvalue weighted by atomic mass is 10.1. The maximum atomic E-state index is 12.4. The summed E-state index contributed by atoms with van der Waals surface area (Å²) in [6, 6.07) is 8.63. The summed E-state index contributed by atoms with van der Waals surface area (Å²) >= 11 is 11.8. The van der Waals surface area contributed by atoms with Gasteiger partial charge in [0.15, 0.2) is 0 Å². The number of nitrogens with zero attached hydrogens (tertiary/aromatic N) is 2. The van der Waals surface area contributed by atoms with Crippen LogP contribution in [0.4, 0.5) is 5.69 Å². The Kier molecular flexibility index (Phi) is 5.80. The zero-order chi connectivity index (χ0) is 17.9. The number of carbonyl (C=O) groups is 2. The molecule has 126 valence electrons. The molecule has 5 nitrogen and oxygen atoms in total. The smallest absolute Gasteiger partial charge is 0.274 e. The van der Waals surface area contributed by atoms with Crippen molar-refractivity contribution in [3.05, 3.63) is 57.3 Å². The van der Waals surface area contributed by atoms with E-state index in [0.717, 1.165) is 16.8 Å². The van der Waals surface area contributed by atoms with E-state index in [0.29, 0.717) is 0 Å². The number of hydrogen-bond donors (Lipinski definition) is 1. The van der Waals surface area contributed by atoms with Crippen LogP contribution in [0.15, 0.2) is 30.3 Å². The van der Waals surface area contributed by atoms with E-state index in [1.165, 1.54) is 24.1 Å². The number of pyridine rings is 1. The average molecular weight is 366 g/mol. The second-order valence-corrected chi connectivity index (χ2v) is 6.22. The summed E-state index contributed by atoms with van der Waals surface area (Å²) in [7, 11) is 1.50. The number of rotatable bonds is 4. The molecule has 0 fully saturated rings. The third kappa shape index (κ3) is 4.24. The van der Waals surface area contributed by atoms with Gasteiger partial charge in [-0.3, -0.25) is 9.59 Å². The third-order valence-electron chi connectivity index (χ3n) is 3.62. The number of benzene rings is 1. The van der Waals surface area contributed by atoms with Gasteiger partial charge in [-0.25, -0.2) is 4.98 Å². The minimum absolute atomic E-state index is 0.0196. The maximum absolute atomic E-state index is 12.4. The minimum Gasteiger partial charge on any atom is -0.331 e. The number of anilines is 1. The number of nitrogens with one attached hydrogen (secondary N) is 1. The summed E-state index contributed by atoms with van der Waals surface area (Å²) < 4.78 is 0. The second kappa shape index (κ2) is 7.64. The fourth-order valence-electron chi connectivity index (χ4n) is 2.11. The van der Waals surface area contributed by atoms with Gasteiger partial charge in [0, 0.05) is 12.7 Å². The lowest BCUT2D eigenvalue weighted by Crippen LogP contribution is -2.35.